The van der Waals surface area contributed by atoms with Gasteiger partial charge in [-0.1, -0.05) is 43.3 Å². The Balaban J connectivity index is 0.000000161. The number of hydrogen-bond donors (Lipinski definition) is 0. The summed E-state index contributed by atoms with van der Waals surface area (Å²) in [4.78, 5) is 0. The molecule has 23 heavy (non-hydrogen) atoms. The smallest absolute Gasteiger partial charge is 0.0771 e. The molecule has 4 aromatic carbocycles. The number of benzene rings is 2. The fourth-order valence-electron chi connectivity index (χ4n) is 2.37. The van der Waals surface area contributed by atoms with E-state index in [9.17, 15) is 0 Å². The molecule has 0 aromatic heterocycles. The molecular weight excluding hydrogens is 402 g/mol. The van der Waals surface area contributed by atoms with Crippen LogP contribution in [0.1, 0.15) is 5.56 Å². The van der Waals surface area contributed by atoms with Crippen molar-refractivity contribution in [1.82, 2.24) is 0 Å². The molecule has 0 heterocycles. The molecule has 0 unspecified atom stereocenters. The molecule has 0 atom stereocenters. The summed E-state index contributed by atoms with van der Waals surface area (Å²) in [6, 6.07) is 27.5. The third-order valence-electron chi connectivity index (χ3n) is 3.35. The van der Waals surface area contributed by atoms with E-state index in [4.69, 9.17) is 17.0 Å². The molecule has 0 saturated heterocycles. The molecule has 4 rings (SSSR count). The van der Waals surface area contributed by atoms with Crippen molar-refractivity contribution in [3.63, 3.8) is 0 Å². The third-order valence-corrected chi connectivity index (χ3v) is 3.35. The van der Waals surface area contributed by atoms with Gasteiger partial charge in [-0.15, -0.1) is 39.7 Å². The number of fused-ring (bicyclic) bond motifs is 3. The zero-order chi connectivity index (χ0) is 16.7. The van der Waals surface area contributed by atoms with Gasteiger partial charge in [0.15, 0.2) is 0 Å². The van der Waals surface area contributed by atoms with Gasteiger partial charge in [-0.2, -0.15) is 18.2 Å². The second-order valence-electron chi connectivity index (χ2n) is 5.12. The van der Waals surface area contributed by atoms with Crippen LogP contribution in [-0.2, 0) is 18.9 Å². The first-order chi connectivity index (χ1) is 11.1. The van der Waals surface area contributed by atoms with E-state index in [1.165, 1.54) is 27.1 Å². The summed E-state index contributed by atoms with van der Waals surface area (Å²) < 4.78 is 3.37. The zero-order valence-electron chi connectivity index (χ0n) is 13.0. The Morgan fingerprint density at radius 3 is 1.70 bits per heavy atom. The van der Waals surface area contributed by atoms with Gasteiger partial charge in [0.2, 0.25) is 0 Å². The van der Waals surface area contributed by atoms with Crippen molar-refractivity contribution >= 4 is 42.8 Å². The van der Waals surface area contributed by atoms with Crippen LogP contribution < -0.4 is 0 Å². The monoisotopic (exact) mass is 418 g/mol. The van der Waals surface area contributed by atoms with Crippen LogP contribution in [0.2, 0.25) is 0 Å². The first kappa shape index (κ1) is 18.3. The summed E-state index contributed by atoms with van der Waals surface area (Å²) in [6.45, 7) is 2.08. The Hall–Kier alpha value is -1.01. The molecule has 0 saturated carbocycles. The van der Waals surface area contributed by atoms with Crippen molar-refractivity contribution in [2.75, 3.05) is 0 Å². The van der Waals surface area contributed by atoms with Crippen LogP contribution in [0, 0.1) is 6.92 Å². The van der Waals surface area contributed by atoms with Crippen LogP contribution >= 0.6 is 17.0 Å². The van der Waals surface area contributed by atoms with E-state index in [2.05, 4.69) is 77.9 Å². The third kappa shape index (κ3) is 5.85. The summed E-state index contributed by atoms with van der Waals surface area (Å²) in [5.41, 5.74) is 1.34. The SMILES string of the molecule is Cc1cc[cH-]c1.[CH2]=[Zr]([Cl])[Cl].c1ccc2c(c1)[cH-]c1ccccc12. The van der Waals surface area contributed by atoms with E-state index in [0.29, 0.717) is 0 Å². The van der Waals surface area contributed by atoms with Crippen LogP contribution in [0.15, 0.2) is 78.9 Å². The van der Waals surface area contributed by atoms with Crippen molar-refractivity contribution in [3.8, 4) is 0 Å². The van der Waals surface area contributed by atoms with Crippen LogP contribution in [0.4, 0.5) is 0 Å². The van der Waals surface area contributed by atoms with E-state index >= 15 is 0 Å². The molecule has 0 spiro atoms. The molecule has 0 radical (unpaired) electrons. The van der Waals surface area contributed by atoms with E-state index in [0.717, 1.165) is 0 Å². The molecule has 0 aliphatic carbocycles. The summed E-state index contributed by atoms with van der Waals surface area (Å²) in [5, 5.41) is 5.39. The summed E-state index contributed by atoms with van der Waals surface area (Å²) >= 11 is -1.85. The van der Waals surface area contributed by atoms with Crippen molar-refractivity contribution in [2.24, 2.45) is 0 Å². The van der Waals surface area contributed by atoms with Crippen molar-refractivity contribution in [3.05, 3.63) is 84.4 Å². The maximum atomic E-state index is 5.13. The quantitative estimate of drug-likeness (QED) is 0.275. The Morgan fingerprint density at radius 1 is 0.870 bits per heavy atom. The fraction of sp³-hybridized carbons (Fsp3) is 0.0500. The predicted molar refractivity (Wildman–Crippen MR) is 103 cm³/mol. The molecule has 0 fully saturated rings. The molecule has 0 nitrogen and oxygen atoms in total. The number of rotatable bonds is 0. The van der Waals surface area contributed by atoms with Gasteiger partial charge in [-0.05, 0) is 0 Å². The Labute approximate surface area is 152 Å². The van der Waals surface area contributed by atoms with Crippen molar-refractivity contribution in [2.45, 2.75) is 6.92 Å². The molecular formula is C20H18Cl2Zr-2. The first-order valence-corrected chi connectivity index (χ1v) is 15.4. The normalized spacial score (nSPS) is 9.70. The van der Waals surface area contributed by atoms with Crippen molar-refractivity contribution < 1.29 is 18.9 Å². The van der Waals surface area contributed by atoms with E-state index < -0.39 is 18.9 Å². The molecule has 3 heteroatoms. The standard InChI is InChI=1S/C13H9.C6H7.CH2.2ClH.Zr/c1-3-7-12-10(5-1)9-11-6-2-4-8-13(11)12;1-6-4-2-3-5-6;;;;/h1-9H;2-5H,1H3;1H2;2*1H;/q2*-1;;;;+2/p-2. The van der Waals surface area contributed by atoms with E-state index in [1.807, 2.05) is 12.1 Å². The Morgan fingerprint density at radius 2 is 1.35 bits per heavy atom. The van der Waals surface area contributed by atoms with E-state index in [1.54, 1.807) is 0 Å². The number of aryl methyl sites for hydroxylation is 1. The Kier molecular flexibility index (Phi) is 7.44. The van der Waals surface area contributed by atoms with Gasteiger partial charge in [0.05, 0.1) is 0 Å². The topological polar surface area (TPSA) is 0 Å². The molecule has 4 aromatic rings. The van der Waals surface area contributed by atoms with Gasteiger partial charge in [0, 0.05) is 0 Å². The maximum absolute atomic E-state index is 5.13. The number of hydrogen-bond acceptors (Lipinski definition) is 0. The fourth-order valence-corrected chi connectivity index (χ4v) is 2.37. The average molecular weight is 420 g/mol. The van der Waals surface area contributed by atoms with Crippen molar-refractivity contribution in [1.29, 1.82) is 0 Å². The predicted octanol–water partition coefficient (Wildman–Crippen LogP) is 6.77. The van der Waals surface area contributed by atoms with E-state index in [-0.39, 0.29) is 0 Å². The summed E-state index contributed by atoms with van der Waals surface area (Å²) in [7, 11) is 10.3. The second kappa shape index (κ2) is 9.33. The van der Waals surface area contributed by atoms with Crippen LogP contribution in [0.25, 0.3) is 21.5 Å². The van der Waals surface area contributed by atoms with Gasteiger partial charge in [0.25, 0.3) is 0 Å². The van der Waals surface area contributed by atoms with Gasteiger partial charge < -0.3 is 0 Å². The van der Waals surface area contributed by atoms with Crippen LogP contribution in [0.5, 0.6) is 0 Å². The average Bonchev–Trinajstić information content (AvgIpc) is 3.13. The van der Waals surface area contributed by atoms with Crippen LogP contribution in [-0.4, -0.2) is 4.21 Å². The minimum Gasteiger partial charge on any atom is -0.126 e. The van der Waals surface area contributed by atoms with Gasteiger partial charge in [-0.25, -0.2) is 11.6 Å². The number of halogens is 2. The minimum atomic E-state index is -1.85. The van der Waals surface area contributed by atoms with Gasteiger partial charge in [0.1, 0.15) is 0 Å². The molecule has 0 N–H and O–H groups in total. The van der Waals surface area contributed by atoms with Gasteiger partial charge in [-0.3, -0.25) is 0 Å². The summed E-state index contributed by atoms with van der Waals surface area (Å²) in [5.74, 6) is 0. The largest absolute Gasteiger partial charge is 0.126 e. The molecule has 0 amide bonds. The molecule has 0 aliphatic heterocycles. The van der Waals surface area contributed by atoms with Gasteiger partial charge >= 0.3 is 40.1 Å². The summed E-state index contributed by atoms with van der Waals surface area (Å²) in [6.07, 6.45) is 0. The zero-order valence-corrected chi connectivity index (χ0v) is 16.9. The van der Waals surface area contributed by atoms with Crippen LogP contribution in [0.3, 0.4) is 0 Å². The molecule has 118 valence electrons. The molecule has 0 bridgehead atoms. The molecule has 0 aliphatic rings. The second-order valence-corrected chi connectivity index (χ2v) is 13.3. The minimum absolute atomic E-state index is 1.34. The Bertz CT molecular complexity index is 819. The first-order valence-electron chi connectivity index (χ1n) is 7.29. The maximum Gasteiger partial charge on any atom is -0.0771 e.